The van der Waals surface area contributed by atoms with Gasteiger partial charge in [-0.15, -0.1) is 0 Å². The second-order valence-electron chi connectivity index (χ2n) is 7.66. The largest absolute Gasteiger partial charge is 0.454 e. The molecule has 8 nitrogen and oxygen atoms in total. The number of aromatic nitrogens is 1. The first-order valence-electron chi connectivity index (χ1n) is 9.83. The molecule has 0 radical (unpaired) electrons. The molecule has 0 unspecified atom stereocenters. The molecule has 2 aliphatic heterocycles. The maximum Gasteiger partial charge on any atom is 0.238 e. The number of carbonyl (C=O) groups excluding carboxylic acids is 1. The Hall–Kier alpha value is -2.58. The molecule has 0 bridgehead atoms. The van der Waals surface area contributed by atoms with E-state index in [1.807, 2.05) is 12.1 Å². The Kier molecular flexibility index (Phi) is 4.66. The van der Waals surface area contributed by atoms with Crippen LogP contribution in [0.2, 0.25) is 0 Å². The second kappa shape index (κ2) is 7.44. The summed E-state index contributed by atoms with van der Waals surface area (Å²) >= 11 is 0. The van der Waals surface area contributed by atoms with Crippen molar-refractivity contribution in [3.05, 3.63) is 35.7 Å². The molecule has 148 valence electrons. The number of rotatable bonds is 6. The van der Waals surface area contributed by atoms with Crippen LogP contribution in [0, 0.1) is 0 Å². The Morgan fingerprint density at radius 3 is 2.68 bits per heavy atom. The number of fused-ring (bicyclic) bond motifs is 1. The highest BCUT2D eigenvalue weighted by molar-refractivity contribution is 5.92. The smallest absolute Gasteiger partial charge is 0.238 e. The van der Waals surface area contributed by atoms with E-state index in [2.05, 4.69) is 26.3 Å². The molecule has 2 fully saturated rings. The van der Waals surface area contributed by atoms with Crippen molar-refractivity contribution in [2.24, 2.45) is 0 Å². The molecule has 0 atom stereocenters. The summed E-state index contributed by atoms with van der Waals surface area (Å²) in [4.78, 5) is 16.9. The lowest BCUT2D eigenvalue weighted by Gasteiger charge is -2.33. The van der Waals surface area contributed by atoms with Crippen LogP contribution in [0.3, 0.4) is 0 Å². The number of hydrogen-bond acceptors (Lipinski definition) is 7. The van der Waals surface area contributed by atoms with Gasteiger partial charge in [0.25, 0.3) is 0 Å². The lowest BCUT2D eigenvalue weighted by atomic mass is 10.2. The van der Waals surface area contributed by atoms with Gasteiger partial charge in [0.15, 0.2) is 11.5 Å². The van der Waals surface area contributed by atoms with E-state index in [1.165, 1.54) is 12.8 Å². The summed E-state index contributed by atoms with van der Waals surface area (Å²) in [5, 5.41) is 7.13. The van der Waals surface area contributed by atoms with Crippen LogP contribution in [-0.4, -0.2) is 60.4 Å². The van der Waals surface area contributed by atoms with Crippen LogP contribution >= 0.6 is 0 Å². The standard InChI is InChI=1S/C20H24N4O4/c25-20(21-15-3-4-17-19(9-15)27-13-26-17)12-24-7-5-23(6-8-24)11-16-10-18(28-22-16)14-1-2-14/h3-4,9-10,14H,1-2,5-8,11-13H2,(H,21,25). The van der Waals surface area contributed by atoms with Gasteiger partial charge in [-0.3, -0.25) is 14.6 Å². The number of anilines is 1. The molecule has 1 aliphatic carbocycles. The predicted octanol–water partition coefficient (Wildman–Crippen LogP) is 2.04. The van der Waals surface area contributed by atoms with Crippen LogP contribution in [0.1, 0.15) is 30.2 Å². The molecule has 3 heterocycles. The zero-order valence-electron chi connectivity index (χ0n) is 15.7. The molecule has 5 rings (SSSR count). The minimum atomic E-state index is -0.0158. The van der Waals surface area contributed by atoms with Crippen LogP contribution in [-0.2, 0) is 11.3 Å². The topological polar surface area (TPSA) is 80.1 Å². The monoisotopic (exact) mass is 384 g/mol. The number of carbonyl (C=O) groups is 1. The summed E-state index contributed by atoms with van der Waals surface area (Å²) in [6.07, 6.45) is 2.45. The third kappa shape index (κ3) is 3.98. The molecule has 8 heteroatoms. The summed E-state index contributed by atoms with van der Waals surface area (Å²) in [5.74, 6) is 3.00. The van der Waals surface area contributed by atoms with E-state index in [1.54, 1.807) is 6.07 Å². The van der Waals surface area contributed by atoms with Crippen LogP contribution < -0.4 is 14.8 Å². The molecule has 2 aromatic rings. The molecule has 3 aliphatic rings. The van der Waals surface area contributed by atoms with E-state index in [-0.39, 0.29) is 12.7 Å². The first-order valence-corrected chi connectivity index (χ1v) is 9.83. The minimum absolute atomic E-state index is 0.0158. The van der Waals surface area contributed by atoms with Gasteiger partial charge in [0, 0.05) is 56.5 Å². The van der Waals surface area contributed by atoms with Crippen molar-refractivity contribution in [2.75, 3.05) is 44.8 Å². The SMILES string of the molecule is O=C(CN1CCN(Cc2cc(C3CC3)on2)CC1)Nc1ccc2c(c1)OCO2. The van der Waals surface area contributed by atoms with Crippen molar-refractivity contribution >= 4 is 11.6 Å². The van der Waals surface area contributed by atoms with Crippen molar-refractivity contribution in [3.63, 3.8) is 0 Å². The van der Waals surface area contributed by atoms with E-state index >= 15 is 0 Å². The van der Waals surface area contributed by atoms with Gasteiger partial charge in [-0.2, -0.15) is 0 Å². The molecule has 1 saturated heterocycles. The van der Waals surface area contributed by atoms with E-state index in [9.17, 15) is 4.79 Å². The summed E-state index contributed by atoms with van der Waals surface area (Å²) < 4.78 is 16.1. The van der Waals surface area contributed by atoms with Gasteiger partial charge in [-0.1, -0.05) is 5.16 Å². The average Bonchev–Trinajstić information content (AvgIpc) is 3.26. The number of hydrogen-bond donors (Lipinski definition) is 1. The lowest BCUT2D eigenvalue weighted by molar-refractivity contribution is -0.117. The summed E-state index contributed by atoms with van der Waals surface area (Å²) in [7, 11) is 0. The van der Waals surface area contributed by atoms with Crippen molar-refractivity contribution in [3.8, 4) is 11.5 Å². The number of nitrogens with zero attached hydrogens (tertiary/aromatic N) is 3. The Labute approximate surface area is 163 Å². The van der Waals surface area contributed by atoms with E-state index in [0.717, 1.165) is 49.9 Å². The molecular formula is C20H24N4O4. The molecule has 1 saturated carbocycles. The van der Waals surface area contributed by atoms with Crippen LogP contribution in [0.25, 0.3) is 0 Å². The average molecular weight is 384 g/mol. The van der Waals surface area contributed by atoms with Gasteiger partial charge in [0.05, 0.1) is 12.2 Å². The van der Waals surface area contributed by atoms with Crippen molar-refractivity contribution in [1.29, 1.82) is 0 Å². The highest BCUT2D eigenvalue weighted by Gasteiger charge is 2.28. The molecule has 1 aromatic carbocycles. The summed E-state index contributed by atoms with van der Waals surface area (Å²) in [6, 6.07) is 7.54. The zero-order valence-corrected chi connectivity index (χ0v) is 15.7. The molecule has 1 amide bonds. The van der Waals surface area contributed by atoms with Gasteiger partial charge in [-0.25, -0.2) is 0 Å². The first kappa shape index (κ1) is 17.5. The third-order valence-electron chi connectivity index (χ3n) is 5.43. The molecule has 0 spiro atoms. The Morgan fingerprint density at radius 1 is 1.07 bits per heavy atom. The number of amides is 1. The van der Waals surface area contributed by atoms with Gasteiger partial charge in [-0.05, 0) is 25.0 Å². The molecule has 1 aromatic heterocycles. The van der Waals surface area contributed by atoms with Crippen molar-refractivity contribution < 1.29 is 18.8 Å². The fourth-order valence-electron chi connectivity index (χ4n) is 3.68. The lowest BCUT2D eigenvalue weighted by Crippen LogP contribution is -2.48. The first-order chi connectivity index (χ1) is 13.7. The van der Waals surface area contributed by atoms with Gasteiger partial charge < -0.3 is 19.3 Å². The van der Waals surface area contributed by atoms with Gasteiger partial charge in [0.2, 0.25) is 12.7 Å². The van der Waals surface area contributed by atoms with Crippen LogP contribution in [0.15, 0.2) is 28.8 Å². The number of benzene rings is 1. The maximum atomic E-state index is 12.4. The highest BCUT2D eigenvalue weighted by Crippen LogP contribution is 2.40. The third-order valence-corrected chi connectivity index (χ3v) is 5.43. The van der Waals surface area contributed by atoms with E-state index in [4.69, 9.17) is 14.0 Å². The van der Waals surface area contributed by atoms with E-state index < -0.39 is 0 Å². The fraction of sp³-hybridized carbons (Fsp3) is 0.500. The Morgan fingerprint density at radius 2 is 1.86 bits per heavy atom. The van der Waals surface area contributed by atoms with Crippen LogP contribution in [0.4, 0.5) is 5.69 Å². The van der Waals surface area contributed by atoms with Crippen LogP contribution in [0.5, 0.6) is 11.5 Å². The highest BCUT2D eigenvalue weighted by atomic mass is 16.7. The molecule has 1 N–H and O–H groups in total. The zero-order chi connectivity index (χ0) is 18.9. The van der Waals surface area contributed by atoms with Gasteiger partial charge in [0.1, 0.15) is 5.76 Å². The van der Waals surface area contributed by atoms with E-state index in [0.29, 0.717) is 24.0 Å². The molecular weight excluding hydrogens is 360 g/mol. The normalized spacial score (nSPS) is 19.7. The number of ether oxygens (including phenoxy) is 2. The second-order valence-corrected chi connectivity index (χ2v) is 7.66. The quantitative estimate of drug-likeness (QED) is 0.816. The minimum Gasteiger partial charge on any atom is -0.454 e. The Balaban J connectivity index is 1.07. The summed E-state index contributed by atoms with van der Waals surface area (Å²) in [5.41, 5.74) is 1.74. The van der Waals surface area contributed by atoms with Crippen molar-refractivity contribution in [2.45, 2.75) is 25.3 Å². The van der Waals surface area contributed by atoms with Crippen molar-refractivity contribution in [1.82, 2.24) is 15.0 Å². The summed E-state index contributed by atoms with van der Waals surface area (Å²) in [6.45, 7) is 4.99. The predicted molar refractivity (Wildman–Crippen MR) is 101 cm³/mol. The number of piperazine rings is 1. The Bertz CT molecular complexity index is 856. The fourth-order valence-corrected chi connectivity index (χ4v) is 3.68. The molecule has 28 heavy (non-hydrogen) atoms. The van der Waals surface area contributed by atoms with Gasteiger partial charge >= 0.3 is 0 Å². The number of nitrogens with one attached hydrogen (secondary N) is 1. The maximum absolute atomic E-state index is 12.4.